The van der Waals surface area contributed by atoms with Crippen molar-refractivity contribution in [1.82, 2.24) is 0 Å². The van der Waals surface area contributed by atoms with Crippen molar-refractivity contribution in [3.63, 3.8) is 0 Å². The zero-order valence-electron chi connectivity index (χ0n) is 18.9. The molecule has 0 saturated heterocycles. The van der Waals surface area contributed by atoms with E-state index in [-0.39, 0.29) is 0 Å². The highest BCUT2D eigenvalue weighted by atomic mass is 32.2. The fourth-order valence-corrected chi connectivity index (χ4v) is 3.98. The molecule has 1 atom stereocenters. The number of sulfonamides is 1. The maximum absolute atomic E-state index is 12.8. The van der Waals surface area contributed by atoms with Gasteiger partial charge in [-0.2, -0.15) is 0 Å². The summed E-state index contributed by atoms with van der Waals surface area (Å²) in [6.07, 6.45) is 0.0741. The Kier molecular flexibility index (Phi) is 6.99. The Morgan fingerprint density at radius 2 is 1.63 bits per heavy atom. The van der Waals surface area contributed by atoms with E-state index in [0.717, 1.165) is 28.5 Å². The van der Waals surface area contributed by atoms with Crippen LogP contribution in [0.15, 0.2) is 30.3 Å². The van der Waals surface area contributed by atoms with Crippen molar-refractivity contribution in [2.75, 3.05) is 18.1 Å². The SMILES string of the molecule is COC(=O)[C@@H](OC(C)(C)C)c1c(C)c(NS(C)(=O)=O)cc(C)c1-c1ccc(C)cc1. The molecule has 2 aromatic rings. The first kappa shape index (κ1) is 23.9. The van der Waals surface area contributed by atoms with Gasteiger partial charge in [-0.3, -0.25) is 4.72 Å². The molecule has 0 aliphatic heterocycles. The van der Waals surface area contributed by atoms with Crippen molar-refractivity contribution in [2.45, 2.75) is 53.2 Å². The van der Waals surface area contributed by atoms with Crippen LogP contribution in [0.1, 0.15) is 49.1 Å². The highest BCUT2D eigenvalue weighted by Gasteiger charge is 2.33. The molecule has 30 heavy (non-hydrogen) atoms. The molecule has 0 aliphatic rings. The maximum Gasteiger partial charge on any atom is 0.339 e. The van der Waals surface area contributed by atoms with Crippen LogP contribution in [-0.4, -0.2) is 33.4 Å². The number of carbonyl (C=O) groups excluding carboxylic acids is 1. The topological polar surface area (TPSA) is 81.7 Å². The van der Waals surface area contributed by atoms with Crippen molar-refractivity contribution in [3.05, 3.63) is 52.6 Å². The van der Waals surface area contributed by atoms with Gasteiger partial charge in [-0.1, -0.05) is 29.8 Å². The Balaban J connectivity index is 2.89. The second-order valence-corrected chi connectivity index (χ2v) is 10.3. The third-order valence-corrected chi connectivity index (χ3v) is 5.21. The van der Waals surface area contributed by atoms with Crippen molar-refractivity contribution < 1.29 is 22.7 Å². The zero-order valence-corrected chi connectivity index (χ0v) is 19.7. The number of anilines is 1. The van der Waals surface area contributed by atoms with Crippen LogP contribution < -0.4 is 4.72 Å². The standard InChI is InChI=1S/C23H31NO5S/c1-14-9-11-17(12-10-14)19-15(2)13-18(24-30(8,26)27)16(3)20(19)21(22(25)28-7)29-23(4,5)6/h9-13,21,24H,1-8H3/t21-/m0/s1. The molecule has 0 aromatic heterocycles. The highest BCUT2D eigenvalue weighted by molar-refractivity contribution is 7.92. The van der Waals surface area contributed by atoms with Crippen LogP contribution in [0.4, 0.5) is 5.69 Å². The Labute approximate surface area is 179 Å². The summed E-state index contributed by atoms with van der Waals surface area (Å²) in [5.41, 5.74) is 4.64. The molecule has 164 valence electrons. The number of hydrogen-bond donors (Lipinski definition) is 1. The summed E-state index contributed by atoms with van der Waals surface area (Å²) in [5, 5.41) is 0. The van der Waals surface area contributed by atoms with Gasteiger partial charge in [-0.05, 0) is 69.9 Å². The average Bonchev–Trinajstić information content (AvgIpc) is 2.61. The van der Waals surface area contributed by atoms with Crippen molar-refractivity contribution in [2.24, 2.45) is 0 Å². The Morgan fingerprint density at radius 1 is 1.07 bits per heavy atom. The number of aryl methyl sites for hydroxylation is 2. The lowest BCUT2D eigenvalue weighted by Crippen LogP contribution is -2.29. The molecule has 6 nitrogen and oxygen atoms in total. The fraction of sp³-hybridized carbons (Fsp3) is 0.435. The van der Waals surface area contributed by atoms with E-state index in [2.05, 4.69) is 4.72 Å². The first-order valence-electron chi connectivity index (χ1n) is 9.68. The Hall–Kier alpha value is -2.38. The molecule has 2 aromatic carbocycles. The van der Waals surface area contributed by atoms with E-state index < -0.39 is 27.7 Å². The summed E-state index contributed by atoms with van der Waals surface area (Å²) in [6.45, 7) is 11.2. The third-order valence-electron chi connectivity index (χ3n) is 4.62. The molecule has 0 heterocycles. The summed E-state index contributed by atoms with van der Waals surface area (Å²) >= 11 is 0. The molecule has 7 heteroatoms. The zero-order chi connectivity index (χ0) is 22.9. The van der Waals surface area contributed by atoms with Crippen LogP contribution in [0.2, 0.25) is 0 Å². The molecule has 0 spiro atoms. The summed E-state index contributed by atoms with van der Waals surface area (Å²) in [5.74, 6) is -0.544. The van der Waals surface area contributed by atoms with Gasteiger partial charge in [0.25, 0.3) is 0 Å². The highest BCUT2D eigenvalue weighted by Crippen LogP contribution is 2.41. The predicted octanol–water partition coefficient (Wildman–Crippen LogP) is 4.68. The van der Waals surface area contributed by atoms with Gasteiger partial charge in [0.05, 0.1) is 24.7 Å². The van der Waals surface area contributed by atoms with Gasteiger partial charge in [0, 0.05) is 5.56 Å². The van der Waals surface area contributed by atoms with Crippen LogP contribution in [0.25, 0.3) is 11.1 Å². The van der Waals surface area contributed by atoms with Gasteiger partial charge in [0.1, 0.15) is 0 Å². The minimum absolute atomic E-state index is 0.410. The molecule has 1 N–H and O–H groups in total. The first-order chi connectivity index (χ1) is 13.7. The van der Waals surface area contributed by atoms with Gasteiger partial charge < -0.3 is 9.47 Å². The number of carbonyl (C=O) groups is 1. The lowest BCUT2D eigenvalue weighted by Gasteiger charge is -2.30. The van der Waals surface area contributed by atoms with E-state index in [9.17, 15) is 13.2 Å². The van der Waals surface area contributed by atoms with Gasteiger partial charge in [0.2, 0.25) is 10.0 Å². The minimum Gasteiger partial charge on any atom is -0.467 e. The molecule has 0 bridgehead atoms. The van der Waals surface area contributed by atoms with E-state index in [1.54, 1.807) is 13.0 Å². The van der Waals surface area contributed by atoms with Gasteiger partial charge in [-0.15, -0.1) is 0 Å². The summed E-state index contributed by atoms with van der Waals surface area (Å²) in [4.78, 5) is 12.8. The monoisotopic (exact) mass is 433 g/mol. The molecule has 0 amide bonds. The van der Waals surface area contributed by atoms with E-state index >= 15 is 0 Å². The first-order valence-corrected chi connectivity index (χ1v) is 11.6. The number of nitrogens with one attached hydrogen (secondary N) is 1. The lowest BCUT2D eigenvalue weighted by atomic mass is 9.87. The number of ether oxygens (including phenoxy) is 2. The molecule has 0 radical (unpaired) electrons. The number of rotatable bonds is 6. The molecule has 0 unspecified atom stereocenters. The van der Waals surface area contributed by atoms with Gasteiger partial charge >= 0.3 is 5.97 Å². The largest absolute Gasteiger partial charge is 0.467 e. The normalized spacial score (nSPS) is 13.1. The quantitative estimate of drug-likeness (QED) is 0.669. The van der Waals surface area contributed by atoms with Crippen LogP contribution in [0.5, 0.6) is 0 Å². The second kappa shape index (κ2) is 8.78. The van der Waals surface area contributed by atoms with E-state index in [1.807, 2.05) is 58.9 Å². The van der Waals surface area contributed by atoms with E-state index in [4.69, 9.17) is 9.47 Å². The smallest absolute Gasteiger partial charge is 0.339 e. The molecule has 0 saturated carbocycles. The van der Waals surface area contributed by atoms with Gasteiger partial charge in [-0.25, -0.2) is 13.2 Å². The number of benzene rings is 2. The van der Waals surface area contributed by atoms with Crippen molar-refractivity contribution in [1.29, 1.82) is 0 Å². The molecular formula is C23H31NO5S. The summed E-state index contributed by atoms with van der Waals surface area (Å²) < 4.78 is 37.6. The Morgan fingerprint density at radius 3 is 2.10 bits per heavy atom. The van der Waals surface area contributed by atoms with Crippen molar-refractivity contribution in [3.8, 4) is 11.1 Å². The van der Waals surface area contributed by atoms with Crippen LogP contribution in [0.3, 0.4) is 0 Å². The number of esters is 1. The van der Waals surface area contributed by atoms with Gasteiger partial charge in [0.15, 0.2) is 6.10 Å². The van der Waals surface area contributed by atoms with E-state index in [0.29, 0.717) is 16.8 Å². The summed E-state index contributed by atoms with van der Waals surface area (Å²) in [6, 6.07) is 9.73. The second-order valence-electron chi connectivity index (χ2n) is 8.53. The number of hydrogen-bond acceptors (Lipinski definition) is 5. The maximum atomic E-state index is 12.8. The van der Waals surface area contributed by atoms with Crippen molar-refractivity contribution >= 4 is 21.7 Å². The summed E-state index contributed by atoms with van der Waals surface area (Å²) in [7, 11) is -2.20. The number of methoxy groups -OCH3 is 1. The lowest BCUT2D eigenvalue weighted by molar-refractivity contribution is -0.164. The molecule has 2 rings (SSSR count). The average molecular weight is 434 g/mol. The molecular weight excluding hydrogens is 402 g/mol. The van der Waals surface area contributed by atoms with E-state index in [1.165, 1.54) is 7.11 Å². The minimum atomic E-state index is -3.51. The molecule has 0 fully saturated rings. The fourth-order valence-electron chi connectivity index (χ4n) is 3.36. The van der Waals surface area contributed by atoms with Crippen LogP contribution in [0, 0.1) is 20.8 Å². The predicted molar refractivity (Wildman–Crippen MR) is 120 cm³/mol. The van der Waals surface area contributed by atoms with Crippen LogP contribution >= 0.6 is 0 Å². The Bertz CT molecular complexity index is 1030. The third kappa shape index (κ3) is 5.83. The van der Waals surface area contributed by atoms with Crippen LogP contribution in [-0.2, 0) is 24.3 Å². The molecule has 0 aliphatic carbocycles.